The molecule has 4 aromatic carbocycles. The standard InChI is InChI=1S/2C24H29N7O3S.C23H25ClN8O2.C23H26N8O2/c2*1-15-5-4-6-18-11-19(16(2)29-23-21-22(26-13-25-21)27-14-28-23)30-24(20(15)18)34-12-17-7-9-31(10-8-17)35(3,32)33;1-13(29-22-19-21(26-11-25-19)27-12-28-22)20-30-17-5-3-4-16(24)18(17)23(31-20)34-10-15-6-8-32(9-7-15)14(2)33;1-14(28-22-19-21(25-12-24-19)26-13-27-22)20-29-18-6-4-3-5-17(18)23(30-20)33-11-16-7-9-31(10-8-16)15(2)32/h2*4-6,11,13-14,16-17H,7-10,12H2,1-3H3,(H2,25,26,27,28,29);3-5,11-13,15H,6-10H2,1-2H3,(H2,25,26,27,28,29);3-6,12-14,16H,7-11H2,1-2H3,(H2,24,25,26,27,28). The third-order valence-electron chi connectivity index (χ3n) is 25.3. The number of amides is 2. The highest BCUT2D eigenvalue weighted by Gasteiger charge is 2.32. The van der Waals surface area contributed by atoms with Gasteiger partial charge in [-0.1, -0.05) is 66.2 Å². The quantitative estimate of drug-likeness (QED) is 0.0250. The maximum Gasteiger partial charge on any atom is 0.226 e. The zero-order chi connectivity index (χ0) is 95.6. The van der Waals surface area contributed by atoms with Gasteiger partial charge in [0, 0.05) is 77.0 Å². The van der Waals surface area contributed by atoms with E-state index in [1.165, 1.54) is 37.8 Å². The number of imidazole rings is 4. The number of likely N-dealkylation sites (tertiary alicyclic amines) is 2. The number of aromatic nitrogens is 22. The molecule has 0 bridgehead atoms. The van der Waals surface area contributed by atoms with E-state index in [-0.39, 0.29) is 47.8 Å². The van der Waals surface area contributed by atoms with Crippen LogP contribution in [-0.2, 0) is 29.6 Å². The summed E-state index contributed by atoms with van der Waals surface area (Å²) in [7, 11) is -6.29. The van der Waals surface area contributed by atoms with Gasteiger partial charge in [-0.15, -0.1) is 0 Å². The van der Waals surface area contributed by atoms with E-state index >= 15 is 0 Å². The Labute approximate surface area is 795 Å². The molecule has 43 heteroatoms. The number of carbonyl (C=O) groups excluding carboxylic acids is 2. The predicted octanol–water partition coefficient (Wildman–Crippen LogP) is 13.7. The first kappa shape index (κ1) is 94.8. The maximum atomic E-state index is 11.8. The highest BCUT2D eigenvalue weighted by Crippen LogP contribution is 2.39. The van der Waals surface area contributed by atoms with Gasteiger partial charge in [-0.2, -0.15) is 9.97 Å². The van der Waals surface area contributed by atoms with Gasteiger partial charge in [0.15, 0.2) is 57.5 Å². The van der Waals surface area contributed by atoms with Crippen LogP contribution in [-0.4, -0.2) is 248 Å². The SMILES string of the molecule is CC(=O)N1CCC(COc2nc(C(C)Nc3ncnc4nc[nH]c34)nc3cccc(Cl)c23)CC1.CC(=O)N1CCC(COc2nc(C(C)Nc3ncnc4nc[nH]c34)nc3ccccc23)CC1.Cc1cccc2cc(C(C)Nc3ncnc4nc[nH]c34)nc(OCC3CCN(S(C)(=O)=O)CC3)c12.Cc1cccc2cc(C(C)Nc3ncnc4nc[nH]c34)nc(OCC3CCN(S(C)(=O)=O)CC3)c12. The lowest BCUT2D eigenvalue weighted by molar-refractivity contribution is -0.131. The molecule has 0 saturated carbocycles. The Morgan fingerprint density at radius 3 is 1.10 bits per heavy atom. The monoisotopic (exact) mass is 1920 g/mol. The number of halogens is 1. The van der Waals surface area contributed by atoms with Crippen molar-refractivity contribution in [1.29, 1.82) is 0 Å². The Morgan fingerprint density at radius 1 is 0.394 bits per heavy atom. The van der Waals surface area contributed by atoms with Crippen molar-refractivity contribution < 1.29 is 45.4 Å². The van der Waals surface area contributed by atoms with Crippen molar-refractivity contribution in [2.24, 2.45) is 23.7 Å². The molecule has 4 unspecified atom stereocenters. The Bertz CT molecular complexity index is 7020. The van der Waals surface area contributed by atoms with Gasteiger partial charge in [0.1, 0.15) is 47.4 Å². The number of sulfonamides is 2. The number of para-hydroxylation sites is 1. The van der Waals surface area contributed by atoms with Gasteiger partial charge in [-0.05, 0) is 175 Å². The smallest absolute Gasteiger partial charge is 0.226 e. The number of benzene rings is 4. The van der Waals surface area contributed by atoms with E-state index in [1.54, 1.807) is 47.8 Å². The van der Waals surface area contributed by atoms with Gasteiger partial charge in [0.25, 0.3) is 0 Å². The zero-order valence-electron chi connectivity index (χ0n) is 77.7. The number of fused-ring (bicyclic) bond motifs is 8. The lowest BCUT2D eigenvalue weighted by Crippen LogP contribution is -2.39. The number of aromatic amines is 4. The zero-order valence-corrected chi connectivity index (χ0v) is 80.0. The minimum Gasteiger partial charge on any atom is -0.477 e. The van der Waals surface area contributed by atoms with Crippen molar-refractivity contribution in [3.63, 3.8) is 0 Å². The Balaban J connectivity index is 0.000000127. The first-order chi connectivity index (χ1) is 66.2. The second-order valence-corrected chi connectivity index (χ2v) is 39.5. The number of hydrogen-bond donors (Lipinski definition) is 8. The Morgan fingerprint density at radius 2 is 0.723 bits per heavy atom. The summed E-state index contributed by atoms with van der Waals surface area (Å²) in [5.74, 6) is 7.54. The number of nitrogens with zero attached hydrogens (tertiary/aromatic N) is 22. The van der Waals surface area contributed by atoms with Gasteiger partial charge in [-0.3, -0.25) is 9.59 Å². The molecule has 4 atom stereocenters. The molecule has 20 rings (SSSR count). The second-order valence-electron chi connectivity index (χ2n) is 35.1. The molecule has 137 heavy (non-hydrogen) atoms. The predicted molar refractivity (Wildman–Crippen MR) is 522 cm³/mol. The van der Waals surface area contributed by atoms with Crippen molar-refractivity contribution in [3.8, 4) is 23.5 Å². The summed E-state index contributed by atoms with van der Waals surface area (Å²) in [6, 6.07) is 29.1. The van der Waals surface area contributed by atoms with Gasteiger partial charge in [-0.25, -0.2) is 105 Å². The van der Waals surface area contributed by atoms with E-state index in [4.69, 9.17) is 60.5 Å². The number of rotatable bonds is 26. The third kappa shape index (κ3) is 22.6. The number of carbonyl (C=O) groups is 2. The van der Waals surface area contributed by atoms with Crippen LogP contribution >= 0.6 is 11.6 Å². The normalized spacial score (nSPS) is 16.1. The van der Waals surface area contributed by atoms with Crippen LogP contribution in [0.2, 0.25) is 5.02 Å². The summed E-state index contributed by atoms with van der Waals surface area (Å²) in [4.78, 5) is 119. The largest absolute Gasteiger partial charge is 0.477 e. The van der Waals surface area contributed by atoms with Crippen LogP contribution in [0.4, 0.5) is 23.3 Å². The fourth-order valence-electron chi connectivity index (χ4n) is 17.4. The van der Waals surface area contributed by atoms with Crippen LogP contribution < -0.4 is 40.2 Å². The molecule has 714 valence electrons. The first-order valence-corrected chi connectivity index (χ1v) is 49.8. The molecular formula is C94H109ClN30O10S2. The highest BCUT2D eigenvalue weighted by atomic mass is 35.5. The molecule has 4 aliphatic rings. The van der Waals surface area contributed by atoms with Gasteiger partial charge in [0.05, 0.1) is 127 Å². The molecular weight excluding hydrogens is 1810 g/mol. The maximum absolute atomic E-state index is 11.8. The van der Waals surface area contributed by atoms with Gasteiger partial charge in [0.2, 0.25) is 55.4 Å². The molecule has 0 aliphatic carbocycles. The molecule has 16 aromatic rings. The number of anilines is 4. The Kier molecular flexibility index (Phi) is 29.1. The highest BCUT2D eigenvalue weighted by molar-refractivity contribution is 7.88. The van der Waals surface area contributed by atoms with Crippen LogP contribution in [0.3, 0.4) is 0 Å². The summed E-state index contributed by atoms with van der Waals surface area (Å²) in [5, 5.41) is 19.8. The van der Waals surface area contributed by atoms with Crippen molar-refractivity contribution in [2.45, 2.75) is 131 Å². The summed E-state index contributed by atoms with van der Waals surface area (Å²) in [5.41, 5.74) is 10.7. The van der Waals surface area contributed by atoms with Gasteiger partial charge < -0.3 is 70.0 Å². The fourth-order valence-corrected chi connectivity index (χ4v) is 19.4. The van der Waals surface area contributed by atoms with Crippen LogP contribution in [0.15, 0.2) is 142 Å². The number of aryl methyl sites for hydroxylation is 2. The van der Waals surface area contributed by atoms with E-state index < -0.39 is 20.0 Å². The van der Waals surface area contributed by atoms with E-state index in [9.17, 15) is 26.4 Å². The first-order valence-electron chi connectivity index (χ1n) is 45.7. The summed E-state index contributed by atoms with van der Waals surface area (Å²) < 4.78 is 75.4. The molecule has 4 saturated heterocycles. The molecule has 16 heterocycles. The number of hydrogen-bond acceptors (Lipinski definition) is 32. The van der Waals surface area contributed by atoms with E-state index in [1.807, 2.05) is 92.1 Å². The minimum absolute atomic E-state index is 0.121. The fraction of sp³-hybridized carbons (Fsp3) is 0.404. The van der Waals surface area contributed by atoms with Crippen LogP contribution in [0.1, 0.15) is 151 Å². The van der Waals surface area contributed by atoms with E-state index in [0.717, 1.165) is 149 Å². The van der Waals surface area contributed by atoms with Crippen LogP contribution in [0.25, 0.3) is 88.0 Å². The number of pyridine rings is 2. The molecule has 40 nitrogen and oxygen atoms in total. The molecule has 0 radical (unpaired) electrons. The lowest BCUT2D eigenvalue weighted by Gasteiger charge is -2.31. The van der Waals surface area contributed by atoms with Crippen LogP contribution in [0.5, 0.6) is 23.5 Å². The second kappa shape index (κ2) is 42.1. The molecule has 0 spiro atoms. The van der Waals surface area contributed by atoms with E-state index in [2.05, 4.69) is 151 Å². The topological polar surface area (TPSA) is 496 Å². The summed E-state index contributed by atoms with van der Waals surface area (Å²) >= 11 is 6.50. The lowest BCUT2D eigenvalue weighted by atomic mass is 9.98. The van der Waals surface area contributed by atoms with Gasteiger partial charge >= 0.3 is 0 Å². The van der Waals surface area contributed by atoms with Crippen molar-refractivity contribution in [2.75, 3.05) is 113 Å². The van der Waals surface area contributed by atoms with E-state index in [0.29, 0.717) is 167 Å². The molecule has 4 aliphatic heterocycles. The summed E-state index contributed by atoms with van der Waals surface area (Å²) in [6.07, 6.45) is 21.6. The third-order valence-corrected chi connectivity index (χ3v) is 28.3. The number of nitrogens with one attached hydrogen (secondary N) is 8. The number of H-pyrrole nitrogens is 4. The molecule has 12 aromatic heterocycles. The van der Waals surface area contributed by atoms with Crippen LogP contribution in [0, 0.1) is 37.5 Å². The van der Waals surface area contributed by atoms with Crippen molar-refractivity contribution in [1.82, 2.24) is 128 Å². The average molecular weight is 1920 g/mol. The average Bonchev–Trinajstić information content (AvgIpc) is 1.57. The van der Waals surface area contributed by atoms with Crippen molar-refractivity contribution in [3.05, 3.63) is 181 Å². The Hall–Kier alpha value is -14.0. The number of ether oxygens (including phenoxy) is 4. The minimum atomic E-state index is -3.14. The molecule has 4 fully saturated rings. The summed E-state index contributed by atoms with van der Waals surface area (Å²) in [6.45, 7) is 22.6. The van der Waals surface area contributed by atoms with Crippen molar-refractivity contribution >= 4 is 155 Å². The number of piperidine rings is 4. The molecule has 2 amide bonds. The molecule has 8 N–H and O–H groups in total.